The van der Waals surface area contributed by atoms with Gasteiger partial charge in [0, 0.05) is 17.1 Å². The summed E-state index contributed by atoms with van der Waals surface area (Å²) in [5.74, 6) is -2.00. The lowest BCUT2D eigenvalue weighted by molar-refractivity contribution is 0.0698. The Bertz CT molecular complexity index is 1530. The molecule has 4 aromatic rings. The number of nitriles is 1. The van der Waals surface area contributed by atoms with Crippen LogP contribution in [0, 0.1) is 11.3 Å². The Morgan fingerprint density at radius 3 is 2.50 bits per heavy atom. The molecule has 1 amide bonds. The molecule has 0 spiro atoms. The summed E-state index contributed by atoms with van der Waals surface area (Å²) in [7, 11) is -3.98. The Morgan fingerprint density at radius 1 is 0.969 bits per heavy atom. The van der Waals surface area contributed by atoms with Crippen LogP contribution in [-0.2, 0) is 10.0 Å². The monoisotopic (exact) mass is 445 g/mol. The van der Waals surface area contributed by atoms with Crippen LogP contribution in [0.1, 0.15) is 26.3 Å². The second-order valence-electron chi connectivity index (χ2n) is 6.83. The molecule has 0 aliphatic heterocycles. The Labute approximate surface area is 183 Å². The van der Waals surface area contributed by atoms with E-state index in [9.17, 15) is 23.1 Å². The van der Waals surface area contributed by atoms with Crippen LogP contribution in [0.5, 0.6) is 0 Å². The Kier molecular flexibility index (Phi) is 5.22. The first-order valence-electron chi connectivity index (χ1n) is 9.32. The molecule has 8 nitrogen and oxygen atoms in total. The number of fused-ring (bicyclic) bond motifs is 1. The average Bonchev–Trinajstić information content (AvgIpc) is 3.24. The predicted octanol–water partition coefficient (Wildman–Crippen LogP) is 3.70. The number of para-hydroxylation sites is 1. The molecule has 0 fully saturated rings. The maximum atomic E-state index is 13.2. The zero-order chi connectivity index (χ0) is 22.9. The average molecular weight is 445 g/mol. The first-order valence-corrected chi connectivity index (χ1v) is 10.8. The molecular formula is C23H15N3O5S. The number of amides is 1. The van der Waals surface area contributed by atoms with Gasteiger partial charge < -0.3 is 10.4 Å². The minimum atomic E-state index is -3.98. The fourth-order valence-electron chi connectivity index (χ4n) is 3.27. The molecule has 0 aliphatic carbocycles. The van der Waals surface area contributed by atoms with Crippen molar-refractivity contribution in [1.29, 1.82) is 5.26 Å². The van der Waals surface area contributed by atoms with Crippen LogP contribution in [0.3, 0.4) is 0 Å². The van der Waals surface area contributed by atoms with Gasteiger partial charge >= 0.3 is 5.97 Å². The van der Waals surface area contributed by atoms with E-state index in [4.69, 9.17) is 5.26 Å². The molecule has 0 radical (unpaired) electrons. The van der Waals surface area contributed by atoms with Gasteiger partial charge in [0.25, 0.3) is 15.9 Å². The van der Waals surface area contributed by atoms with E-state index in [2.05, 4.69) is 5.32 Å². The second kappa shape index (κ2) is 8.02. The number of rotatable bonds is 5. The van der Waals surface area contributed by atoms with Gasteiger partial charge in [-0.25, -0.2) is 17.2 Å². The number of benzene rings is 3. The van der Waals surface area contributed by atoms with Crippen LogP contribution >= 0.6 is 0 Å². The van der Waals surface area contributed by atoms with Gasteiger partial charge in [0.05, 0.1) is 33.3 Å². The van der Waals surface area contributed by atoms with Crippen molar-refractivity contribution in [2.45, 2.75) is 4.90 Å². The van der Waals surface area contributed by atoms with Crippen molar-refractivity contribution < 1.29 is 23.1 Å². The minimum absolute atomic E-state index is 0.00818. The number of anilines is 1. The highest BCUT2D eigenvalue weighted by molar-refractivity contribution is 7.90. The van der Waals surface area contributed by atoms with Crippen LogP contribution < -0.4 is 5.32 Å². The number of carbonyl (C=O) groups excluding carboxylic acids is 1. The van der Waals surface area contributed by atoms with Gasteiger partial charge in [-0.05, 0) is 48.5 Å². The van der Waals surface area contributed by atoms with E-state index in [1.165, 1.54) is 42.6 Å². The van der Waals surface area contributed by atoms with Crippen LogP contribution in [0.15, 0.2) is 83.9 Å². The molecule has 1 aromatic heterocycles. The standard InChI is InChI=1S/C23H15N3O5S/c24-14-15-8-9-20(19(12-15)23(28)29)25-22(27)17-5-3-6-18(13-17)32(30,31)26-11-10-16-4-1-2-7-21(16)26/h1-13H,(H,25,27)(H,28,29). The number of hydrogen-bond donors (Lipinski definition) is 2. The van der Waals surface area contributed by atoms with E-state index in [0.717, 1.165) is 15.4 Å². The molecule has 0 saturated carbocycles. The summed E-state index contributed by atoms with van der Waals surface area (Å²) in [6.45, 7) is 0. The molecule has 158 valence electrons. The summed E-state index contributed by atoms with van der Waals surface area (Å²) in [6.07, 6.45) is 1.45. The van der Waals surface area contributed by atoms with Gasteiger partial charge in [-0.1, -0.05) is 24.3 Å². The van der Waals surface area contributed by atoms with Crippen molar-refractivity contribution in [3.63, 3.8) is 0 Å². The van der Waals surface area contributed by atoms with Crippen molar-refractivity contribution in [2.24, 2.45) is 0 Å². The quantitative estimate of drug-likeness (QED) is 0.482. The van der Waals surface area contributed by atoms with Crippen LogP contribution in [0.2, 0.25) is 0 Å². The first-order chi connectivity index (χ1) is 15.3. The predicted molar refractivity (Wildman–Crippen MR) is 117 cm³/mol. The first kappa shape index (κ1) is 20.8. The van der Waals surface area contributed by atoms with E-state index in [0.29, 0.717) is 5.52 Å². The van der Waals surface area contributed by atoms with Gasteiger partial charge in [0.1, 0.15) is 0 Å². The molecule has 32 heavy (non-hydrogen) atoms. The molecule has 0 saturated heterocycles. The molecule has 0 aliphatic rings. The lowest BCUT2D eigenvalue weighted by Crippen LogP contribution is -2.17. The number of carboxylic acid groups (broad SMARTS) is 1. The lowest BCUT2D eigenvalue weighted by atomic mass is 10.1. The smallest absolute Gasteiger partial charge is 0.337 e. The Morgan fingerprint density at radius 2 is 1.75 bits per heavy atom. The molecular weight excluding hydrogens is 430 g/mol. The van der Waals surface area contributed by atoms with Crippen molar-refractivity contribution in [3.05, 3.63) is 95.7 Å². The number of aromatic carboxylic acids is 1. The van der Waals surface area contributed by atoms with Gasteiger partial charge in [-0.15, -0.1) is 0 Å². The minimum Gasteiger partial charge on any atom is -0.478 e. The molecule has 0 unspecified atom stereocenters. The molecule has 1 heterocycles. The third-order valence-electron chi connectivity index (χ3n) is 4.84. The summed E-state index contributed by atoms with van der Waals surface area (Å²) in [4.78, 5) is 24.1. The Balaban J connectivity index is 1.69. The highest BCUT2D eigenvalue weighted by atomic mass is 32.2. The summed E-state index contributed by atoms with van der Waals surface area (Å²) in [5.41, 5.74) is 0.410. The van der Waals surface area contributed by atoms with Crippen LogP contribution in [-0.4, -0.2) is 29.4 Å². The molecule has 0 bridgehead atoms. The van der Waals surface area contributed by atoms with E-state index in [-0.39, 0.29) is 27.3 Å². The van der Waals surface area contributed by atoms with Crippen molar-refractivity contribution in [3.8, 4) is 6.07 Å². The second-order valence-corrected chi connectivity index (χ2v) is 8.65. The van der Waals surface area contributed by atoms with Crippen molar-refractivity contribution in [1.82, 2.24) is 3.97 Å². The summed E-state index contributed by atoms with van der Waals surface area (Å²) < 4.78 is 27.5. The third-order valence-corrected chi connectivity index (χ3v) is 6.53. The highest BCUT2D eigenvalue weighted by Gasteiger charge is 2.21. The van der Waals surface area contributed by atoms with Gasteiger partial charge in [-0.3, -0.25) is 4.79 Å². The number of carbonyl (C=O) groups is 2. The van der Waals surface area contributed by atoms with Crippen molar-refractivity contribution in [2.75, 3.05) is 5.32 Å². The lowest BCUT2D eigenvalue weighted by Gasteiger charge is -2.11. The fraction of sp³-hybridized carbons (Fsp3) is 0. The largest absolute Gasteiger partial charge is 0.478 e. The molecule has 2 N–H and O–H groups in total. The van der Waals surface area contributed by atoms with Crippen LogP contribution in [0.4, 0.5) is 5.69 Å². The topological polar surface area (TPSA) is 129 Å². The summed E-state index contributed by atoms with van der Waals surface area (Å²) in [6, 6.07) is 19.8. The van der Waals surface area contributed by atoms with E-state index in [1.807, 2.05) is 6.07 Å². The highest BCUT2D eigenvalue weighted by Crippen LogP contribution is 2.24. The van der Waals surface area contributed by atoms with Gasteiger partial charge in [0.15, 0.2) is 0 Å². The zero-order valence-corrected chi connectivity index (χ0v) is 17.2. The maximum absolute atomic E-state index is 13.2. The summed E-state index contributed by atoms with van der Waals surface area (Å²) in [5, 5.41) is 21.6. The zero-order valence-electron chi connectivity index (χ0n) is 16.4. The number of nitrogens with one attached hydrogen (secondary N) is 1. The van der Waals surface area contributed by atoms with Crippen LogP contribution in [0.25, 0.3) is 10.9 Å². The normalized spacial score (nSPS) is 11.1. The summed E-state index contributed by atoms with van der Waals surface area (Å²) >= 11 is 0. The molecule has 9 heteroatoms. The van der Waals surface area contributed by atoms with Gasteiger partial charge in [-0.2, -0.15) is 5.26 Å². The molecule has 3 aromatic carbocycles. The van der Waals surface area contributed by atoms with Gasteiger partial charge in [0.2, 0.25) is 0 Å². The molecule has 0 atom stereocenters. The molecule has 4 rings (SSSR count). The van der Waals surface area contributed by atoms with E-state index in [1.54, 1.807) is 30.3 Å². The maximum Gasteiger partial charge on any atom is 0.337 e. The van der Waals surface area contributed by atoms with E-state index < -0.39 is 21.9 Å². The number of hydrogen-bond acceptors (Lipinski definition) is 5. The number of carboxylic acids is 1. The van der Waals surface area contributed by atoms with E-state index >= 15 is 0 Å². The number of nitrogens with zero attached hydrogens (tertiary/aromatic N) is 2. The van der Waals surface area contributed by atoms with Crippen molar-refractivity contribution >= 4 is 38.5 Å². The third kappa shape index (κ3) is 3.71. The number of aromatic nitrogens is 1. The Hall–Kier alpha value is -4.42. The fourth-order valence-corrected chi connectivity index (χ4v) is 4.67. The SMILES string of the molecule is N#Cc1ccc(NC(=O)c2cccc(S(=O)(=O)n3ccc4ccccc43)c2)c(C(=O)O)c1.